The number of carbonyl (C=O) groups excluding carboxylic acids is 1. The van der Waals surface area contributed by atoms with Crippen molar-refractivity contribution < 1.29 is 13.6 Å². The third-order valence-electron chi connectivity index (χ3n) is 5.68. The fraction of sp³-hybridized carbons (Fsp3) is 0.107. The van der Waals surface area contributed by atoms with Crippen molar-refractivity contribution in [2.45, 2.75) is 24.4 Å². The molecule has 1 amide bonds. The number of halogens is 1. The minimum Gasteiger partial charge on any atom is -0.461 e. The van der Waals surface area contributed by atoms with Crippen LogP contribution in [0.1, 0.15) is 27.0 Å². The molecule has 0 saturated heterocycles. The highest BCUT2D eigenvalue weighted by molar-refractivity contribution is 7.98. The third-order valence-corrected chi connectivity index (χ3v) is 6.68. The number of furan rings is 1. The van der Waals surface area contributed by atoms with Crippen molar-refractivity contribution in [3.8, 4) is 17.3 Å². The second-order valence-electron chi connectivity index (χ2n) is 8.20. The maximum absolute atomic E-state index is 13.0. The first-order valence-electron chi connectivity index (χ1n) is 11.4. The maximum Gasteiger partial charge on any atom is 0.251 e. The lowest BCUT2D eigenvalue weighted by Crippen LogP contribution is -2.22. The Hall–Kier alpha value is -4.17. The van der Waals surface area contributed by atoms with Gasteiger partial charge in [-0.1, -0.05) is 54.2 Å². The molecule has 0 atom stereocenters. The van der Waals surface area contributed by atoms with E-state index in [9.17, 15) is 9.18 Å². The van der Waals surface area contributed by atoms with Crippen LogP contribution >= 0.6 is 11.8 Å². The van der Waals surface area contributed by atoms with Crippen LogP contribution in [0.5, 0.6) is 0 Å². The van der Waals surface area contributed by atoms with Gasteiger partial charge in [-0.25, -0.2) is 4.39 Å². The molecule has 0 aliphatic rings. The summed E-state index contributed by atoms with van der Waals surface area (Å²) >= 11 is 1.56. The summed E-state index contributed by atoms with van der Waals surface area (Å²) < 4.78 is 20.7. The summed E-state index contributed by atoms with van der Waals surface area (Å²) in [5, 5.41) is 12.4. The number of carbonyl (C=O) groups is 1. The van der Waals surface area contributed by atoms with Crippen molar-refractivity contribution in [3.05, 3.63) is 119 Å². The quantitative estimate of drug-likeness (QED) is 0.258. The summed E-state index contributed by atoms with van der Waals surface area (Å²) in [6.07, 6.45) is 1.62. The summed E-state index contributed by atoms with van der Waals surface area (Å²) in [5.41, 5.74) is 4.54. The molecule has 3 aromatic carbocycles. The average Bonchev–Trinajstić information content (AvgIpc) is 3.58. The van der Waals surface area contributed by atoms with E-state index >= 15 is 0 Å². The maximum atomic E-state index is 13.0. The number of hydrogen-bond acceptors (Lipinski definition) is 5. The summed E-state index contributed by atoms with van der Waals surface area (Å²) in [5.74, 6) is 1.46. The molecule has 0 aliphatic heterocycles. The third kappa shape index (κ3) is 5.23. The molecule has 0 fully saturated rings. The predicted octanol–water partition coefficient (Wildman–Crippen LogP) is 6.20. The van der Waals surface area contributed by atoms with Gasteiger partial charge in [-0.2, -0.15) is 0 Å². The van der Waals surface area contributed by atoms with Crippen molar-refractivity contribution in [3.63, 3.8) is 0 Å². The van der Waals surface area contributed by atoms with Crippen molar-refractivity contribution >= 4 is 17.7 Å². The van der Waals surface area contributed by atoms with Crippen molar-refractivity contribution in [1.82, 2.24) is 20.1 Å². The van der Waals surface area contributed by atoms with E-state index in [4.69, 9.17) is 4.42 Å². The molecule has 5 rings (SSSR count). The van der Waals surface area contributed by atoms with E-state index in [1.165, 1.54) is 12.1 Å². The highest BCUT2D eigenvalue weighted by atomic mass is 32.2. The van der Waals surface area contributed by atoms with Crippen LogP contribution in [0.25, 0.3) is 17.3 Å². The largest absolute Gasteiger partial charge is 0.461 e. The first kappa shape index (κ1) is 23.6. The van der Waals surface area contributed by atoms with Crippen LogP contribution in [-0.2, 0) is 12.3 Å². The number of para-hydroxylation sites is 1. The van der Waals surface area contributed by atoms with Crippen LogP contribution in [-0.4, -0.2) is 20.7 Å². The molecule has 0 aliphatic carbocycles. The van der Waals surface area contributed by atoms with Gasteiger partial charge in [0.1, 0.15) is 5.82 Å². The molecule has 0 unspecified atom stereocenters. The van der Waals surface area contributed by atoms with Crippen LogP contribution in [0.4, 0.5) is 4.39 Å². The lowest BCUT2D eigenvalue weighted by atomic mass is 10.1. The fourth-order valence-electron chi connectivity index (χ4n) is 3.75. The van der Waals surface area contributed by atoms with Gasteiger partial charge in [-0.15, -0.1) is 10.2 Å². The Balaban J connectivity index is 1.28. The number of amides is 1. The first-order chi connectivity index (χ1) is 17.6. The van der Waals surface area contributed by atoms with E-state index in [2.05, 4.69) is 28.5 Å². The fourth-order valence-corrected chi connectivity index (χ4v) is 4.65. The molecule has 1 N–H and O–H groups in total. The molecular weight excluding hydrogens is 475 g/mol. The highest BCUT2D eigenvalue weighted by Crippen LogP contribution is 2.31. The predicted molar refractivity (Wildman–Crippen MR) is 137 cm³/mol. The van der Waals surface area contributed by atoms with Gasteiger partial charge in [0.25, 0.3) is 5.91 Å². The van der Waals surface area contributed by atoms with E-state index in [1.807, 2.05) is 47.0 Å². The zero-order valence-electron chi connectivity index (χ0n) is 19.5. The molecule has 0 saturated carbocycles. The van der Waals surface area contributed by atoms with E-state index in [0.29, 0.717) is 29.4 Å². The van der Waals surface area contributed by atoms with Crippen molar-refractivity contribution in [2.24, 2.45) is 0 Å². The molecule has 36 heavy (non-hydrogen) atoms. The molecule has 2 aromatic heterocycles. The number of nitrogens with one attached hydrogen (secondary N) is 1. The summed E-state index contributed by atoms with van der Waals surface area (Å²) in [4.78, 5) is 12.5. The Morgan fingerprint density at radius 2 is 1.69 bits per heavy atom. The summed E-state index contributed by atoms with van der Waals surface area (Å²) in [7, 11) is 0. The number of hydrogen-bond donors (Lipinski definition) is 1. The number of thioether (sulfide) groups is 1. The number of benzene rings is 3. The molecular formula is C28H23FN4O2S. The standard InChI is InChI=1S/C28H23FN4O2S/c1-19-5-2-3-6-24(19)33-26(25-7-4-16-35-25)31-32-28(33)36-18-21-8-12-22(13-9-21)27(34)30-17-20-10-14-23(29)15-11-20/h2-16H,17-18H2,1H3,(H,30,34). The van der Waals surface area contributed by atoms with Gasteiger partial charge in [-0.3, -0.25) is 9.36 Å². The monoisotopic (exact) mass is 498 g/mol. The SMILES string of the molecule is Cc1ccccc1-n1c(SCc2ccc(C(=O)NCc3ccc(F)cc3)cc2)nnc1-c1ccco1. The molecule has 180 valence electrons. The van der Waals surface area contributed by atoms with Gasteiger partial charge in [0.15, 0.2) is 10.9 Å². The number of aryl methyl sites for hydroxylation is 1. The van der Waals surface area contributed by atoms with E-state index < -0.39 is 0 Å². The Morgan fingerprint density at radius 1 is 0.944 bits per heavy atom. The van der Waals surface area contributed by atoms with Crippen LogP contribution in [0, 0.1) is 12.7 Å². The van der Waals surface area contributed by atoms with Crippen LogP contribution < -0.4 is 5.32 Å². The Labute approximate surface area is 212 Å². The van der Waals surface area contributed by atoms with Gasteiger partial charge in [0.05, 0.1) is 12.0 Å². The van der Waals surface area contributed by atoms with Gasteiger partial charge >= 0.3 is 0 Å². The van der Waals surface area contributed by atoms with Crippen LogP contribution in [0.3, 0.4) is 0 Å². The number of nitrogens with zero attached hydrogens (tertiary/aromatic N) is 3. The molecule has 0 bridgehead atoms. The van der Waals surface area contributed by atoms with Gasteiger partial charge in [0, 0.05) is 17.9 Å². The van der Waals surface area contributed by atoms with Crippen molar-refractivity contribution in [1.29, 1.82) is 0 Å². The van der Waals surface area contributed by atoms with Crippen molar-refractivity contribution in [2.75, 3.05) is 0 Å². The summed E-state index contributed by atoms with van der Waals surface area (Å²) in [6, 6.07) is 25.3. The zero-order chi connectivity index (χ0) is 24.9. The van der Waals surface area contributed by atoms with Gasteiger partial charge < -0.3 is 9.73 Å². The Morgan fingerprint density at radius 3 is 2.42 bits per heavy atom. The van der Waals surface area contributed by atoms with E-state index in [0.717, 1.165) is 27.5 Å². The second-order valence-corrected chi connectivity index (χ2v) is 9.14. The molecule has 0 radical (unpaired) electrons. The number of rotatable bonds is 8. The molecule has 5 aromatic rings. The molecule has 6 nitrogen and oxygen atoms in total. The summed E-state index contributed by atoms with van der Waals surface area (Å²) in [6.45, 7) is 2.39. The first-order valence-corrected chi connectivity index (χ1v) is 12.4. The number of aromatic nitrogens is 3. The zero-order valence-corrected chi connectivity index (χ0v) is 20.3. The minimum atomic E-state index is -0.298. The lowest BCUT2D eigenvalue weighted by Gasteiger charge is -2.12. The normalized spacial score (nSPS) is 10.9. The van der Waals surface area contributed by atoms with E-state index in [1.54, 1.807) is 42.3 Å². The Kier molecular flexibility index (Phi) is 6.95. The molecule has 8 heteroatoms. The minimum absolute atomic E-state index is 0.180. The van der Waals surface area contributed by atoms with Crippen LogP contribution in [0.2, 0.25) is 0 Å². The van der Waals surface area contributed by atoms with Crippen LogP contribution in [0.15, 0.2) is 101 Å². The lowest BCUT2D eigenvalue weighted by molar-refractivity contribution is 0.0951. The highest BCUT2D eigenvalue weighted by Gasteiger charge is 2.19. The topological polar surface area (TPSA) is 73.0 Å². The second kappa shape index (κ2) is 10.6. The van der Waals surface area contributed by atoms with Gasteiger partial charge in [-0.05, 0) is 66.1 Å². The van der Waals surface area contributed by atoms with Gasteiger partial charge in [0.2, 0.25) is 5.82 Å². The molecule has 0 spiro atoms. The average molecular weight is 499 g/mol. The smallest absolute Gasteiger partial charge is 0.251 e. The Bertz CT molecular complexity index is 1460. The molecule has 2 heterocycles. The van der Waals surface area contributed by atoms with E-state index in [-0.39, 0.29) is 11.7 Å².